The third kappa shape index (κ3) is 9.16. The van der Waals surface area contributed by atoms with Crippen molar-refractivity contribution in [3.63, 3.8) is 0 Å². The molecule has 3 N–H and O–H groups in total. The van der Waals surface area contributed by atoms with Gasteiger partial charge in [0.1, 0.15) is 11.1 Å². The number of ether oxygens (including phenoxy) is 1. The molecule has 0 bridgehead atoms. The first kappa shape index (κ1) is 31.4. The fourth-order valence-electron chi connectivity index (χ4n) is 5.22. The zero-order valence-corrected chi connectivity index (χ0v) is 24.9. The molecule has 1 saturated carbocycles. The molecule has 3 atom stereocenters. The average Bonchev–Trinajstić information content (AvgIpc) is 2.88. The second-order valence-corrected chi connectivity index (χ2v) is 14.0. The predicted molar refractivity (Wildman–Crippen MR) is 145 cm³/mol. The molecule has 10 heteroatoms. The highest BCUT2D eigenvalue weighted by Gasteiger charge is 2.52. The van der Waals surface area contributed by atoms with Crippen LogP contribution in [0.3, 0.4) is 0 Å². The molecule has 0 aromatic carbocycles. The number of amides is 3. The molecule has 0 spiro atoms. The van der Waals surface area contributed by atoms with E-state index in [-0.39, 0.29) is 30.8 Å². The first-order chi connectivity index (χ1) is 16.6. The van der Waals surface area contributed by atoms with Crippen LogP contribution in [-0.4, -0.2) is 59.5 Å². The van der Waals surface area contributed by atoms with Gasteiger partial charge in [-0.3, -0.25) is 9.59 Å². The highest BCUT2D eigenvalue weighted by Crippen LogP contribution is 2.42. The Hall–Kier alpha value is -1.81. The summed E-state index contributed by atoms with van der Waals surface area (Å²) in [5, 5.41) is 8.95. The molecule has 2 aliphatic rings. The minimum absolute atomic E-state index is 0.0258. The number of carbonyl (C=O) groups is 3. The SMILES string of the molecule is CC(=O)NC1(C(=O)NC(C)(C)C)C[C@H](CCB2OC(C)(C)C(C)(C)O2)C[C@@H](CNC(=O)OC(C)(C)C)C1. The van der Waals surface area contributed by atoms with E-state index in [2.05, 4.69) is 16.0 Å². The summed E-state index contributed by atoms with van der Waals surface area (Å²) in [5.41, 5.74) is -2.94. The molecule has 9 nitrogen and oxygen atoms in total. The van der Waals surface area contributed by atoms with E-state index in [0.29, 0.717) is 25.7 Å². The van der Waals surface area contributed by atoms with Gasteiger partial charge in [0.15, 0.2) is 0 Å². The molecule has 212 valence electrons. The van der Waals surface area contributed by atoms with Crippen LogP contribution in [0.5, 0.6) is 0 Å². The summed E-state index contributed by atoms with van der Waals surface area (Å²) >= 11 is 0. The zero-order valence-electron chi connectivity index (χ0n) is 24.9. The van der Waals surface area contributed by atoms with Crippen LogP contribution in [-0.2, 0) is 23.6 Å². The Morgan fingerprint density at radius 1 is 0.946 bits per heavy atom. The normalized spacial score (nSPS) is 27.4. The maximum absolute atomic E-state index is 13.6. The van der Waals surface area contributed by atoms with E-state index in [0.717, 1.165) is 12.8 Å². The van der Waals surface area contributed by atoms with Gasteiger partial charge in [0.25, 0.3) is 0 Å². The fourth-order valence-corrected chi connectivity index (χ4v) is 5.22. The van der Waals surface area contributed by atoms with E-state index in [4.69, 9.17) is 14.0 Å². The van der Waals surface area contributed by atoms with Gasteiger partial charge in [-0.2, -0.15) is 0 Å². The maximum atomic E-state index is 13.6. The number of nitrogens with one attached hydrogen (secondary N) is 3. The highest BCUT2D eigenvalue weighted by molar-refractivity contribution is 6.45. The van der Waals surface area contributed by atoms with Crippen LogP contribution in [0.25, 0.3) is 0 Å². The number of alkyl carbamates (subject to hydrolysis) is 1. The highest BCUT2D eigenvalue weighted by atomic mass is 16.7. The Kier molecular flexibility index (Phi) is 9.45. The molecule has 1 saturated heterocycles. The van der Waals surface area contributed by atoms with E-state index in [9.17, 15) is 14.4 Å². The smallest absolute Gasteiger partial charge is 0.444 e. The van der Waals surface area contributed by atoms with Crippen molar-refractivity contribution in [2.24, 2.45) is 11.8 Å². The van der Waals surface area contributed by atoms with Gasteiger partial charge in [-0.05, 0) is 107 Å². The van der Waals surface area contributed by atoms with Crippen molar-refractivity contribution in [3.05, 3.63) is 0 Å². The summed E-state index contributed by atoms with van der Waals surface area (Å²) in [6.07, 6.45) is 2.70. The Morgan fingerprint density at radius 3 is 1.97 bits per heavy atom. The van der Waals surface area contributed by atoms with Gasteiger partial charge in [-0.1, -0.05) is 6.42 Å². The van der Waals surface area contributed by atoms with Gasteiger partial charge in [0, 0.05) is 19.0 Å². The van der Waals surface area contributed by atoms with E-state index < -0.39 is 34.0 Å². The second kappa shape index (κ2) is 11.1. The summed E-state index contributed by atoms with van der Waals surface area (Å²) in [6.45, 7) is 21.1. The monoisotopic (exact) mass is 523 g/mol. The summed E-state index contributed by atoms with van der Waals surface area (Å²) in [7, 11) is -0.330. The summed E-state index contributed by atoms with van der Waals surface area (Å²) < 4.78 is 17.8. The van der Waals surface area contributed by atoms with Crippen molar-refractivity contribution in [3.8, 4) is 0 Å². The minimum Gasteiger partial charge on any atom is -0.444 e. The fraction of sp³-hybridized carbons (Fsp3) is 0.889. The lowest BCUT2D eigenvalue weighted by molar-refractivity contribution is -0.137. The Bertz CT molecular complexity index is 832. The third-order valence-corrected chi connectivity index (χ3v) is 7.33. The van der Waals surface area contributed by atoms with Crippen LogP contribution < -0.4 is 16.0 Å². The van der Waals surface area contributed by atoms with E-state index in [1.54, 1.807) is 0 Å². The molecule has 1 aliphatic carbocycles. The largest absolute Gasteiger partial charge is 0.457 e. The van der Waals surface area contributed by atoms with Crippen LogP contribution in [0.4, 0.5) is 4.79 Å². The molecule has 0 aromatic heterocycles. The quantitative estimate of drug-likeness (QED) is 0.431. The Balaban J connectivity index is 2.23. The molecule has 2 fully saturated rings. The van der Waals surface area contributed by atoms with E-state index >= 15 is 0 Å². The zero-order chi connectivity index (χ0) is 28.4. The maximum Gasteiger partial charge on any atom is 0.457 e. The lowest BCUT2D eigenvalue weighted by Crippen LogP contribution is -2.64. The molecular formula is C27H50BN3O6. The molecule has 0 aromatic rings. The van der Waals surface area contributed by atoms with Crippen LogP contribution in [0, 0.1) is 11.8 Å². The van der Waals surface area contributed by atoms with Crippen molar-refractivity contribution >= 4 is 25.0 Å². The van der Waals surface area contributed by atoms with Gasteiger partial charge in [-0.15, -0.1) is 0 Å². The third-order valence-electron chi connectivity index (χ3n) is 7.33. The van der Waals surface area contributed by atoms with Crippen molar-refractivity contribution in [2.45, 2.75) is 136 Å². The van der Waals surface area contributed by atoms with Crippen molar-refractivity contribution in [1.82, 2.24) is 16.0 Å². The van der Waals surface area contributed by atoms with Crippen LogP contribution in [0.2, 0.25) is 6.32 Å². The van der Waals surface area contributed by atoms with E-state index in [1.807, 2.05) is 69.2 Å². The van der Waals surface area contributed by atoms with Crippen LogP contribution in [0.15, 0.2) is 0 Å². The molecule has 1 heterocycles. The number of hydrogen-bond donors (Lipinski definition) is 3. The molecule has 1 unspecified atom stereocenters. The Morgan fingerprint density at radius 2 is 1.49 bits per heavy atom. The summed E-state index contributed by atoms with van der Waals surface area (Å²) in [5.74, 6) is -0.356. The topological polar surface area (TPSA) is 115 Å². The number of hydrogen-bond acceptors (Lipinski definition) is 6. The Labute approximate surface area is 224 Å². The van der Waals surface area contributed by atoms with Gasteiger partial charge in [0.05, 0.1) is 11.2 Å². The van der Waals surface area contributed by atoms with Crippen LogP contribution in [0.1, 0.15) is 102 Å². The standard InChI is InChI=1S/C27H50BN3O6/c1-18(32)30-27(21(33)31-23(2,3)4)15-19(12-13-28-36-25(8,9)26(10,11)37-28)14-20(16-27)17-29-22(34)35-24(5,6)7/h19-20H,12-17H2,1-11H3,(H,29,34)(H,30,32)(H,31,33)/t19-,20-,27?/m1/s1. The summed E-state index contributed by atoms with van der Waals surface area (Å²) in [4.78, 5) is 38.3. The molecule has 0 radical (unpaired) electrons. The van der Waals surface area contributed by atoms with Gasteiger partial charge in [0.2, 0.25) is 11.8 Å². The lowest BCUT2D eigenvalue weighted by atomic mass is 9.66. The number of rotatable bonds is 7. The predicted octanol–water partition coefficient (Wildman–Crippen LogP) is 4.20. The van der Waals surface area contributed by atoms with E-state index in [1.165, 1.54) is 6.92 Å². The van der Waals surface area contributed by atoms with Gasteiger partial charge in [-0.25, -0.2) is 4.79 Å². The van der Waals surface area contributed by atoms with Crippen molar-refractivity contribution < 1.29 is 28.4 Å². The van der Waals surface area contributed by atoms with Gasteiger partial charge >= 0.3 is 13.2 Å². The first-order valence-corrected chi connectivity index (χ1v) is 13.6. The molecule has 2 rings (SSSR count). The minimum atomic E-state index is -1.07. The number of carbonyl (C=O) groups excluding carboxylic acids is 3. The molecular weight excluding hydrogens is 473 g/mol. The lowest BCUT2D eigenvalue weighted by Gasteiger charge is -2.45. The molecule has 1 aliphatic heterocycles. The van der Waals surface area contributed by atoms with Gasteiger partial charge < -0.3 is 30.0 Å². The van der Waals surface area contributed by atoms with Crippen LogP contribution >= 0.6 is 0 Å². The average molecular weight is 524 g/mol. The first-order valence-electron chi connectivity index (χ1n) is 13.6. The second-order valence-electron chi connectivity index (χ2n) is 14.0. The van der Waals surface area contributed by atoms with Crippen molar-refractivity contribution in [2.75, 3.05) is 6.54 Å². The van der Waals surface area contributed by atoms with Crippen molar-refractivity contribution in [1.29, 1.82) is 0 Å². The molecule has 37 heavy (non-hydrogen) atoms. The molecule has 3 amide bonds. The summed E-state index contributed by atoms with van der Waals surface area (Å²) in [6, 6.07) is 0.